The topological polar surface area (TPSA) is 107 Å². The van der Waals surface area contributed by atoms with Gasteiger partial charge in [-0.25, -0.2) is 22.8 Å². The second-order valence-electron chi connectivity index (χ2n) is 7.80. The molecule has 10 heteroatoms. The van der Waals surface area contributed by atoms with Gasteiger partial charge in [0.25, 0.3) is 0 Å². The highest BCUT2D eigenvalue weighted by molar-refractivity contribution is 7.91. The average molecular weight is 453 g/mol. The van der Waals surface area contributed by atoms with Crippen LogP contribution in [0.1, 0.15) is 5.82 Å². The van der Waals surface area contributed by atoms with Gasteiger partial charge in [-0.05, 0) is 37.3 Å². The molecule has 164 valence electrons. The van der Waals surface area contributed by atoms with Crippen molar-refractivity contribution in [2.75, 3.05) is 35.2 Å². The van der Waals surface area contributed by atoms with Crippen LogP contribution < -0.4 is 10.6 Å². The van der Waals surface area contributed by atoms with Crippen LogP contribution in [0.3, 0.4) is 0 Å². The number of benzene rings is 1. The number of fused-ring (bicyclic) bond motifs is 1. The second kappa shape index (κ2) is 7.56. The number of imidazole rings is 1. The predicted molar refractivity (Wildman–Crippen MR) is 122 cm³/mol. The van der Waals surface area contributed by atoms with Crippen molar-refractivity contribution in [2.45, 2.75) is 6.92 Å². The minimum atomic E-state index is -3.03. The van der Waals surface area contributed by atoms with Crippen LogP contribution in [0.5, 0.6) is 0 Å². The van der Waals surface area contributed by atoms with Gasteiger partial charge in [-0.2, -0.15) is 0 Å². The molecule has 1 aliphatic rings. The van der Waals surface area contributed by atoms with E-state index in [1.54, 1.807) is 29.4 Å². The first-order chi connectivity index (χ1) is 15.3. The molecule has 1 saturated heterocycles. The van der Waals surface area contributed by atoms with Gasteiger partial charge in [-0.3, -0.25) is 9.55 Å². The molecule has 1 aliphatic heterocycles. The fourth-order valence-corrected chi connectivity index (χ4v) is 5.24. The van der Waals surface area contributed by atoms with Gasteiger partial charge >= 0.3 is 0 Å². The molecule has 0 spiro atoms. The number of aryl methyl sites for hydroxylation is 1. The fraction of sp³-hybridized carbons (Fsp3) is 0.227. The Morgan fingerprint density at radius 1 is 1.06 bits per heavy atom. The third kappa shape index (κ3) is 3.66. The number of sulfone groups is 1. The Hall–Kier alpha value is -3.53. The number of pyridine rings is 2. The van der Waals surface area contributed by atoms with Crippen LogP contribution in [0.2, 0.25) is 0 Å². The van der Waals surface area contributed by atoms with Crippen LogP contribution in [0, 0.1) is 12.7 Å². The van der Waals surface area contributed by atoms with Crippen LogP contribution in [0.15, 0.2) is 48.8 Å². The number of anilines is 2. The van der Waals surface area contributed by atoms with Crippen molar-refractivity contribution in [3.05, 3.63) is 60.4 Å². The first kappa shape index (κ1) is 20.4. The van der Waals surface area contributed by atoms with Gasteiger partial charge < -0.3 is 10.6 Å². The SMILES string of the molecule is Cc1nc2cnc(-c3ccnc(N)c3)cc2n1-c1ccc(N2CCS(=O)(=O)CC2)c(F)c1. The minimum Gasteiger partial charge on any atom is -0.384 e. The molecule has 0 bridgehead atoms. The molecule has 0 aliphatic carbocycles. The van der Waals surface area contributed by atoms with Crippen molar-refractivity contribution in [3.63, 3.8) is 0 Å². The van der Waals surface area contributed by atoms with Crippen molar-refractivity contribution in [3.8, 4) is 16.9 Å². The molecule has 3 aromatic heterocycles. The van der Waals surface area contributed by atoms with E-state index in [0.717, 1.165) is 11.1 Å². The third-order valence-corrected chi connectivity index (χ3v) is 7.27. The molecule has 0 radical (unpaired) electrons. The smallest absolute Gasteiger partial charge is 0.153 e. The zero-order valence-electron chi connectivity index (χ0n) is 17.4. The quantitative estimate of drug-likeness (QED) is 0.509. The summed E-state index contributed by atoms with van der Waals surface area (Å²) >= 11 is 0. The minimum absolute atomic E-state index is 0.0365. The molecular weight excluding hydrogens is 431 g/mol. The summed E-state index contributed by atoms with van der Waals surface area (Å²) in [5, 5.41) is 0. The van der Waals surface area contributed by atoms with E-state index < -0.39 is 15.7 Å². The van der Waals surface area contributed by atoms with Crippen molar-refractivity contribution < 1.29 is 12.8 Å². The normalized spacial score (nSPS) is 15.9. The maximum Gasteiger partial charge on any atom is 0.153 e. The number of rotatable bonds is 3. The van der Waals surface area contributed by atoms with Crippen LogP contribution >= 0.6 is 0 Å². The predicted octanol–water partition coefficient (Wildman–Crippen LogP) is 2.75. The van der Waals surface area contributed by atoms with E-state index in [-0.39, 0.29) is 24.6 Å². The first-order valence-corrected chi connectivity index (χ1v) is 12.0. The fourth-order valence-electron chi connectivity index (χ4n) is 4.04. The van der Waals surface area contributed by atoms with E-state index in [1.807, 2.05) is 29.7 Å². The van der Waals surface area contributed by atoms with E-state index in [0.29, 0.717) is 34.2 Å². The van der Waals surface area contributed by atoms with E-state index in [1.165, 1.54) is 6.07 Å². The van der Waals surface area contributed by atoms with E-state index in [4.69, 9.17) is 5.73 Å². The summed E-state index contributed by atoms with van der Waals surface area (Å²) in [5.74, 6) is 0.768. The highest BCUT2D eigenvalue weighted by atomic mass is 32.2. The van der Waals surface area contributed by atoms with Crippen LogP contribution in [0.25, 0.3) is 28.0 Å². The van der Waals surface area contributed by atoms with Gasteiger partial charge in [0, 0.05) is 30.9 Å². The van der Waals surface area contributed by atoms with Crippen molar-refractivity contribution >= 4 is 32.4 Å². The summed E-state index contributed by atoms with van der Waals surface area (Å²) in [4.78, 5) is 14.8. The lowest BCUT2D eigenvalue weighted by Gasteiger charge is -2.29. The van der Waals surface area contributed by atoms with Gasteiger partial charge in [0.15, 0.2) is 9.84 Å². The summed E-state index contributed by atoms with van der Waals surface area (Å²) in [7, 11) is -3.03. The molecule has 5 rings (SSSR count). The molecule has 8 nitrogen and oxygen atoms in total. The summed E-state index contributed by atoms with van der Waals surface area (Å²) in [5.41, 5.74) is 9.85. The van der Waals surface area contributed by atoms with Crippen molar-refractivity contribution in [1.82, 2.24) is 19.5 Å². The maximum absolute atomic E-state index is 15.1. The van der Waals surface area contributed by atoms with Crippen LogP contribution in [0.4, 0.5) is 15.9 Å². The monoisotopic (exact) mass is 452 g/mol. The second-order valence-corrected chi connectivity index (χ2v) is 10.1. The zero-order chi connectivity index (χ0) is 22.5. The molecular formula is C22H21FN6O2S. The molecule has 1 fully saturated rings. The van der Waals surface area contributed by atoms with Gasteiger partial charge in [-0.1, -0.05) is 0 Å². The number of hydrogen-bond donors (Lipinski definition) is 1. The maximum atomic E-state index is 15.1. The Morgan fingerprint density at radius 2 is 1.84 bits per heavy atom. The molecule has 0 atom stereocenters. The first-order valence-electron chi connectivity index (χ1n) is 10.1. The highest BCUT2D eigenvalue weighted by Crippen LogP contribution is 2.29. The van der Waals surface area contributed by atoms with E-state index in [2.05, 4.69) is 15.0 Å². The Bertz CT molecular complexity index is 1440. The summed E-state index contributed by atoms with van der Waals surface area (Å²) in [6.07, 6.45) is 3.31. The number of nitrogens with two attached hydrogens (primary N) is 1. The number of aromatic nitrogens is 4. The molecule has 1 aromatic carbocycles. The van der Waals surface area contributed by atoms with Gasteiger partial charge in [-0.15, -0.1) is 0 Å². The van der Waals surface area contributed by atoms with Crippen LogP contribution in [-0.2, 0) is 9.84 Å². The Morgan fingerprint density at radius 3 is 2.56 bits per heavy atom. The van der Waals surface area contributed by atoms with Crippen molar-refractivity contribution in [1.29, 1.82) is 0 Å². The number of nitrogens with zero attached hydrogens (tertiary/aromatic N) is 5. The molecule has 0 unspecified atom stereocenters. The highest BCUT2D eigenvalue weighted by Gasteiger charge is 2.24. The van der Waals surface area contributed by atoms with Crippen molar-refractivity contribution in [2.24, 2.45) is 0 Å². The third-order valence-electron chi connectivity index (χ3n) is 5.66. The Labute approximate surface area is 184 Å². The van der Waals surface area contributed by atoms with Gasteiger partial charge in [0.05, 0.1) is 40.3 Å². The Kier molecular flexibility index (Phi) is 4.81. The van der Waals surface area contributed by atoms with E-state index in [9.17, 15) is 8.42 Å². The number of nitrogen functional groups attached to an aromatic ring is 1. The summed E-state index contributed by atoms with van der Waals surface area (Å²) < 4.78 is 40.3. The molecule has 4 aromatic rings. The molecule has 32 heavy (non-hydrogen) atoms. The lowest BCUT2D eigenvalue weighted by molar-refractivity contribution is 0.581. The van der Waals surface area contributed by atoms with Gasteiger partial charge in [0.1, 0.15) is 23.0 Å². The lowest BCUT2D eigenvalue weighted by Crippen LogP contribution is -2.40. The van der Waals surface area contributed by atoms with Gasteiger partial charge in [0.2, 0.25) is 0 Å². The number of hydrogen-bond acceptors (Lipinski definition) is 7. The molecule has 0 amide bonds. The Balaban J connectivity index is 1.55. The molecule has 4 heterocycles. The lowest BCUT2D eigenvalue weighted by atomic mass is 10.1. The average Bonchev–Trinajstić information content (AvgIpc) is 3.09. The van der Waals surface area contributed by atoms with Crippen LogP contribution in [-0.4, -0.2) is 52.5 Å². The molecule has 2 N–H and O–H groups in total. The summed E-state index contributed by atoms with van der Waals surface area (Å²) in [6.45, 7) is 2.43. The molecule has 0 saturated carbocycles. The largest absolute Gasteiger partial charge is 0.384 e. The zero-order valence-corrected chi connectivity index (χ0v) is 18.2. The standard InChI is InChI=1S/C22H21FN6O2S/c1-14-27-19-13-26-18(15-4-5-25-22(24)10-15)12-21(19)29(14)16-2-3-20(17(23)11-16)28-6-8-32(30,31)9-7-28/h2-5,10-13H,6-9H2,1H3,(H2,24,25). The number of halogens is 1. The van der Waals surface area contributed by atoms with E-state index >= 15 is 4.39 Å². The summed E-state index contributed by atoms with van der Waals surface area (Å²) in [6, 6.07) is 10.4.